The van der Waals surface area contributed by atoms with Crippen LogP contribution in [0.5, 0.6) is 0 Å². The monoisotopic (exact) mass is 696 g/mol. The van der Waals surface area contributed by atoms with Crippen molar-refractivity contribution >= 4 is 17.7 Å². The van der Waals surface area contributed by atoms with Gasteiger partial charge in [-0.2, -0.15) is 0 Å². The van der Waals surface area contributed by atoms with E-state index in [-0.39, 0.29) is 54.0 Å². The molecular formula is C42H52N2O7. The van der Waals surface area contributed by atoms with Crippen molar-refractivity contribution in [3.8, 4) is 0 Å². The quantitative estimate of drug-likeness (QED) is 0.200. The van der Waals surface area contributed by atoms with E-state index in [1.54, 1.807) is 19.2 Å². The van der Waals surface area contributed by atoms with Crippen molar-refractivity contribution < 1.29 is 33.4 Å². The average molecular weight is 697 g/mol. The predicted octanol–water partition coefficient (Wildman–Crippen LogP) is 7.11. The van der Waals surface area contributed by atoms with E-state index < -0.39 is 16.8 Å². The summed E-state index contributed by atoms with van der Waals surface area (Å²) < 4.78 is 26.5. The topological polar surface area (TPSA) is 119 Å². The molecule has 0 aromatic heterocycles. The Labute approximate surface area is 301 Å². The van der Waals surface area contributed by atoms with E-state index in [0.29, 0.717) is 41.7 Å². The minimum atomic E-state index is -0.819. The number of benzene rings is 2. The molecule has 2 heterocycles. The zero-order valence-electron chi connectivity index (χ0n) is 30.5. The van der Waals surface area contributed by atoms with Crippen LogP contribution in [0.2, 0.25) is 0 Å². The molecule has 2 aromatic carbocycles. The number of hydrogen-bond acceptors (Lipinski definition) is 9. The maximum Gasteiger partial charge on any atom is 0.338 e. The standard InChI is InChI=1S/C42H52N2O7/c1-25-36-34(50-42(25)19-18-39(2,24-48-42)51-38(46)27-14-10-7-11-15-27)21-31-29-17-16-28-20-33(44-47-5)32(43)23-40(28,3)30(29)22-35(41(31,36)4)49-37(45)26-12-8-6-9-13-26/h6-15,21,25,28-30,32,34-36H,16-20,22-24,43H2,1-5H3/b44-33+/t25-,28-,29+,30-,32+,34-,35-,36-,39-,40-,41+,42+/m0/s1. The van der Waals surface area contributed by atoms with Gasteiger partial charge in [-0.15, -0.1) is 0 Å². The maximum atomic E-state index is 13.9. The maximum absolute atomic E-state index is 13.9. The highest BCUT2D eigenvalue weighted by Gasteiger charge is 2.70. The molecule has 1 spiro atoms. The van der Waals surface area contributed by atoms with Crippen molar-refractivity contribution in [2.45, 2.75) is 102 Å². The number of fused-ring (bicyclic) bond motifs is 7. The lowest BCUT2D eigenvalue weighted by atomic mass is 9.44. The third kappa shape index (κ3) is 5.48. The highest BCUT2D eigenvalue weighted by atomic mass is 16.7. The van der Waals surface area contributed by atoms with Crippen molar-refractivity contribution in [3.05, 3.63) is 83.4 Å². The normalized spacial score (nSPS) is 43.3. The van der Waals surface area contributed by atoms with Gasteiger partial charge in [0.1, 0.15) is 18.8 Å². The molecule has 3 saturated carbocycles. The summed E-state index contributed by atoms with van der Waals surface area (Å²) in [4.78, 5) is 32.1. The van der Waals surface area contributed by atoms with Gasteiger partial charge in [-0.05, 0) is 92.9 Å². The molecule has 0 unspecified atom stereocenters. The molecule has 4 aliphatic carbocycles. The minimum Gasteiger partial charge on any atom is -0.458 e. The Kier molecular flexibility index (Phi) is 8.51. The third-order valence-electron chi connectivity index (χ3n) is 14.2. The summed E-state index contributed by atoms with van der Waals surface area (Å²) >= 11 is 0. The molecule has 0 bridgehead atoms. The Morgan fingerprint density at radius 1 is 0.941 bits per heavy atom. The number of carbonyl (C=O) groups excluding carboxylic acids is 2. The molecule has 5 fully saturated rings. The van der Waals surface area contributed by atoms with Crippen LogP contribution in [-0.4, -0.2) is 61.0 Å². The lowest BCUT2D eigenvalue weighted by molar-refractivity contribution is -0.287. The van der Waals surface area contributed by atoms with Crippen LogP contribution in [0.15, 0.2) is 77.5 Å². The first-order valence-electron chi connectivity index (χ1n) is 18.8. The highest BCUT2D eigenvalue weighted by Crippen LogP contribution is 2.70. The van der Waals surface area contributed by atoms with Crippen LogP contribution < -0.4 is 5.73 Å². The summed E-state index contributed by atoms with van der Waals surface area (Å²) in [6.45, 7) is 9.16. The van der Waals surface area contributed by atoms with Crippen LogP contribution in [0.3, 0.4) is 0 Å². The Morgan fingerprint density at radius 3 is 2.27 bits per heavy atom. The second-order valence-electron chi connectivity index (χ2n) is 16.9. The van der Waals surface area contributed by atoms with Gasteiger partial charge in [0.2, 0.25) is 0 Å². The summed E-state index contributed by atoms with van der Waals surface area (Å²) in [5, 5.41) is 4.33. The van der Waals surface area contributed by atoms with Crippen molar-refractivity contribution in [2.75, 3.05) is 13.7 Å². The largest absolute Gasteiger partial charge is 0.458 e. The van der Waals surface area contributed by atoms with E-state index in [2.05, 4.69) is 32.0 Å². The Bertz CT molecular complexity index is 1720. The van der Waals surface area contributed by atoms with E-state index in [9.17, 15) is 9.59 Å². The van der Waals surface area contributed by atoms with Crippen LogP contribution in [0.1, 0.15) is 93.4 Å². The van der Waals surface area contributed by atoms with E-state index in [1.165, 1.54) is 5.57 Å². The first-order valence-corrected chi connectivity index (χ1v) is 18.8. The molecule has 0 radical (unpaired) electrons. The predicted molar refractivity (Wildman–Crippen MR) is 192 cm³/mol. The summed E-state index contributed by atoms with van der Waals surface area (Å²) in [5.74, 6) is -0.314. The van der Waals surface area contributed by atoms with Gasteiger partial charge < -0.3 is 29.5 Å². The van der Waals surface area contributed by atoms with Gasteiger partial charge in [0.15, 0.2) is 5.79 Å². The van der Waals surface area contributed by atoms with Crippen LogP contribution in [0, 0.1) is 40.4 Å². The van der Waals surface area contributed by atoms with Gasteiger partial charge in [0, 0.05) is 29.7 Å². The van der Waals surface area contributed by atoms with Gasteiger partial charge in [-0.1, -0.05) is 74.0 Å². The summed E-state index contributed by atoms with van der Waals surface area (Å²) in [7, 11) is 1.59. The van der Waals surface area contributed by atoms with Gasteiger partial charge in [-0.3, -0.25) is 0 Å². The van der Waals surface area contributed by atoms with Crippen LogP contribution in [0.4, 0.5) is 0 Å². The van der Waals surface area contributed by atoms with Crippen molar-refractivity contribution in [2.24, 2.45) is 51.3 Å². The zero-order chi connectivity index (χ0) is 35.8. The minimum absolute atomic E-state index is 0.00736. The van der Waals surface area contributed by atoms with E-state index in [0.717, 1.165) is 37.8 Å². The van der Waals surface area contributed by atoms with E-state index in [4.69, 9.17) is 29.5 Å². The fraction of sp³-hybridized carbons (Fsp3) is 0.595. The highest BCUT2D eigenvalue weighted by molar-refractivity contribution is 5.91. The molecule has 12 atom stereocenters. The van der Waals surface area contributed by atoms with Gasteiger partial charge in [0.05, 0.1) is 29.5 Å². The molecule has 2 saturated heterocycles. The number of ether oxygens (including phenoxy) is 4. The zero-order valence-corrected chi connectivity index (χ0v) is 30.5. The molecule has 2 aliphatic heterocycles. The molecule has 2 aromatic rings. The average Bonchev–Trinajstić information content (AvgIpc) is 3.57. The van der Waals surface area contributed by atoms with Gasteiger partial charge in [-0.25, -0.2) is 9.59 Å². The molecule has 0 amide bonds. The number of nitrogens with zero attached hydrogens (tertiary/aromatic N) is 1. The molecule has 9 nitrogen and oxygen atoms in total. The SMILES string of the molecule is CO/N=C1\C[C@@H]2CC[C@H]3C4=C[C@@H]5O[C@]6(CC[C@](C)(OC(=O)c7ccccc7)CO6)[C@@H](C)[C@@H]5[C@@]4(C)[C@@H](OC(=O)c4ccccc4)C[C@@H]3[C@@]2(C)C[C@H]1N. The molecule has 8 rings (SSSR count). The summed E-state index contributed by atoms with van der Waals surface area (Å²) in [6, 6.07) is 18.2. The number of carbonyl (C=O) groups is 2. The Balaban J connectivity index is 1.09. The number of rotatable bonds is 5. The Morgan fingerprint density at radius 2 is 1.63 bits per heavy atom. The number of esters is 2. The Hall–Kier alpha value is -3.53. The molecule has 51 heavy (non-hydrogen) atoms. The van der Waals surface area contributed by atoms with Crippen LogP contribution in [0.25, 0.3) is 0 Å². The second kappa shape index (κ2) is 12.6. The fourth-order valence-electron chi connectivity index (χ4n) is 11.5. The van der Waals surface area contributed by atoms with Gasteiger partial charge in [0.25, 0.3) is 0 Å². The smallest absolute Gasteiger partial charge is 0.338 e. The molecule has 6 aliphatic rings. The van der Waals surface area contributed by atoms with E-state index >= 15 is 0 Å². The lowest BCUT2D eigenvalue weighted by Crippen LogP contribution is -2.60. The lowest BCUT2D eigenvalue weighted by Gasteiger charge is -2.61. The van der Waals surface area contributed by atoms with Crippen molar-refractivity contribution in [3.63, 3.8) is 0 Å². The summed E-state index contributed by atoms with van der Waals surface area (Å²) in [5.41, 5.74) is 8.95. The fourth-order valence-corrected chi connectivity index (χ4v) is 11.5. The van der Waals surface area contributed by atoms with Crippen molar-refractivity contribution in [1.29, 1.82) is 0 Å². The third-order valence-corrected chi connectivity index (χ3v) is 14.2. The van der Waals surface area contributed by atoms with Crippen molar-refractivity contribution in [1.82, 2.24) is 0 Å². The molecule has 272 valence electrons. The second-order valence-corrected chi connectivity index (χ2v) is 16.9. The molecular weight excluding hydrogens is 644 g/mol. The summed E-state index contributed by atoms with van der Waals surface area (Å²) in [6.07, 6.45) is 7.67. The van der Waals surface area contributed by atoms with Crippen LogP contribution >= 0.6 is 0 Å². The first-order chi connectivity index (χ1) is 24.4. The molecule has 2 N–H and O–H groups in total. The van der Waals surface area contributed by atoms with E-state index in [1.807, 2.05) is 55.5 Å². The molecule has 9 heteroatoms. The van der Waals surface area contributed by atoms with Crippen LogP contribution in [-0.2, 0) is 23.8 Å². The first kappa shape index (κ1) is 34.6. The van der Waals surface area contributed by atoms with Gasteiger partial charge >= 0.3 is 11.9 Å². The number of nitrogens with two attached hydrogens (primary N) is 1. The number of oxime groups is 1. The number of hydrogen-bond donors (Lipinski definition) is 1.